The van der Waals surface area contributed by atoms with Gasteiger partial charge in [0.15, 0.2) is 0 Å². The third kappa shape index (κ3) is 2.98. The second-order valence-electron chi connectivity index (χ2n) is 6.07. The van der Waals surface area contributed by atoms with E-state index >= 15 is 0 Å². The molecule has 0 spiro atoms. The van der Waals surface area contributed by atoms with Crippen LogP contribution in [0.1, 0.15) is 67.2 Å². The van der Waals surface area contributed by atoms with Gasteiger partial charge in [-0.15, -0.1) is 0 Å². The predicted octanol–water partition coefficient (Wildman–Crippen LogP) is 3.71. The van der Waals surface area contributed by atoms with Gasteiger partial charge in [0.1, 0.15) is 5.72 Å². The molecule has 0 saturated carbocycles. The minimum absolute atomic E-state index is 0.114. The predicted molar refractivity (Wildman–Crippen MR) is 69.5 cm³/mol. The fourth-order valence-electron chi connectivity index (χ4n) is 3.20. The number of rotatable bonds is 4. The van der Waals surface area contributed by atoms with E-state index in [0.29, 0.717) is 12.0 Å². The maximum Gasteiger partial charge on any atom is 0.122 e. The molecular formula is C14H29NO. The molecule has 0 aromatic heterocycles. The molecule has 0 radical (unpaired) electrons. The molecule has 3 atom stereocenters. The van der Waals surface area contributed by atoms with E-state index in [1.54, 1.807) is 0 Å². The van der Waals surface area contributed by atoms with Crippen molar-refractivity contribution < 1.29 is 4.74 Å². The van der Waals surface area contributed by atoms with Crippen LogP contribution in [-0.2, 0) is 4.74 Å². The summed E-state index contributed by atoms with van der Waals surface area (Å²) in [4.78, 5) is 0. The normalized spacial score (nSPS) is 36.0. The average Bonchev–Trinajstić information content (AvgIpc) is 2.14. The molecule has 1 N–H and O–H groups in total. The molecule has 1 heterocycles. The standard InChI is InChI=1S/C14H29NO/c1-7-9-11(3)14(8-2)15-13(5,6)10-12(4)16-14/h11-12,15H,7-10H2,1-6H3/t11-,12-,14+/m0/s1. The summed E-state index contributed by atoms with van der Waals surface area (Å²) in [7, 11) is 0. The zero-order valence-electron chi connectivity index (χ0n) is 11.9. The van der Waals surface area contributed by atoms with E-state index in [9.17, 15) is 0 Å². The van der Waals surface area contributed by atoms with Gasteiger partial charge in [-0.25, -0.2) is 0 Å². The molecule has 1 fully saturated rings. The van der Waals surface area contributed by atoms with Crippen LogP contribution in [0.15, 0.2) is 0 Å². The van der Waals surface area contributed by atoms with Crippen LogP contribution in [0.25, 0.3) is 0 Å². The molecule has 0 amide bonds. The van der Waals surface area contributed by atoms with Gasteiger partial charge in [0.25, 0.3) is 0 Å². The van der Waals surface area contributed by atoms with Gasteiger partial charge in [-0.3, -0.25) is 5.32 Å². The van der Waals surface area contributed by atoms with Crippen LogP contribution in [0.5, 0.6) is 0 Å². The molecule has 1 aliphatic heterocycles. The van der Waals surface area contributed by atoms with Crippen LogP contribution in [-0.4, -0.2) is 17.4 Å². The third-order valence-electron chi connectivity index (χ3n) is 3.80. The molecule has 96 valence electrons. The SMILES string of the molecule is CCC[C@H](C)[C@]1(CC)NC(C)(C)C[C@H](C)O1. The van der Waals surface area contributed by atoms with Crippen LogP contribution in [0, 0.1) is 5.92 Å². The highest BCUT2D eigenvalue weighted by Crippen LogP contribution is 2.36. The fourth-order valence-corrected chi connectivity index (χ4v) is 3.20. The molecule has 0 aromatic carbocycles. The van der Waals surface area contributed by atoms with Gasteiger partial charge in [0, 0.05) is 5.54 Å². The Bertz CT molecular complexity index is 227. The Labute approximate surface area is 101 Å². The van der Waals surface area contributed by atoms with E-state index in [1.807, 2.05) is 0 Å². The Morgan fingerprint density at radius 1 is 1.38 bits per heavy atom. The van der Waals surface area contributed by atoms with E-state index in [1.165, 1.54) is 12.8 Å². The summed E-state index contributed by atoms with van der Waals surface area (Å²) < 4.78 is 6.26. The molecule has 16 heavy (non-hydrogen) atoms. The highest BCUT2D eigenvalue weighted by Gasteiger charge is 2.44. The number of hydrogen-bond donors (Lipinski definition) is 1. The van der Waals surface area contributed by atoms with Gasteiger partial charge in [-0.2, -0.15) is 0 Å². The summed E-state index contributed by atoms with van der Waals surface area (Å²) in [6.07, 6.45) is 4.94. The zero-order chi connectivity index (χ0) is 12.4. The molecule has 2 heteroatoms. The first kappa shape index (κ1) is 14.0. The Balaban J connectivity index is 2.85. The second-order valence-corrected chi connectivity index (χ2v) is 6.07. The van der Waals surface area contributed by atoms with Gasteiger partial charge in [0.2, 0.25) is 0 Å². The van der Waals surface area contributed by atoms with Crippen molar-refractivity contribution in [3.05, 3.63) is 0 Å². The van der Waals surface area contributed by atoms with Crippen molar-refractivity contribution in [1.82, 2.24) is 5.32 Å². The third-order valence-corrected chi connectivity index (χ3v) is 3.80. The van der Waals surface area contributed by atoms with Gasteiger partial charge >= 0.3 is 0 Å². The maximum absolute atomic E-state index is 6.26. The Morgan fingerprint density at radius 2 is 2.00 bits per heavy atom. The lowest BCUT2D eigenvalue weighted by Crippen LogP contribution is -2.65. The quantitative estimate of drug-likeness (QED) is 0.790. The van der Waals surface area contributed by atoms with Crippen LogP contribution in [0.3, 0.4) is 0 Å². The lowest BCUT2D eigenvalue weighted by Gasteiger charge is -2.51. The summed E-state index contributed by atoms with van der Waals surface area (Å²) in [5.74, 6) is 0.574. The van der Waals surface area contributed by atoms with E-state index in [0.717, 1.165) is 12.8 Å². The molecule has 1 aliphatic rings. The lowest BCUT2D eigenvalue weighted by molar-refractivity contribution is -0.193. The molecule has 1 saturated heterocycles. The van der Waals surface area contributed by atoms with Gasteiger partial charge in [-0.1, -0.05) is 27.2 Å². The van der Waals surface area contributed by atoms with Crippen molar-refractivity contribution in [2.24, 2.45) is 5.92 Å². The largest absolute Gasteiger partial charge is 0.357 e. The van der Waals surface area contributed by atoms with E-state index < -0.39 is 0 Å². The number of hydrogen-bond acceptors (Lipinski definition) is 2. The maximum atomic E-state index is 6.26. The van der Waals surface area contributed by atoms with Crippen molar-refractivity contribution in [2.75, 3.05) is 0 Å². The minimum atomic E-state index is -0.114. The molecule has 2 nitrogen and oxygen atoms in total. The summed E-state index contributed by atoms with van der Waals surface area (Å²) in [5.41, 5.74) is 0.0762. The first-order chi connectivity index (χ1) is 7.35. The smallest absolute Gasteiger partial charge is 0.122 e. The highest BCUT2D eigenvalue weighted by atomic mass is 16.5. The topological polar surface area (TPSA) is 21.3 Å². The molecular weight excluding hydrogens is 198 g/mol. The minimum Gasteiger partial charge on any atom is -0.357 e. The summed E-state index contributed by atoms with van der Waals surface area (Å²) >= 11 is 0. The second kappa shape index (κ2) is 5.05. The van der Waals surface area contributed by atoms with Gasteiger partial charge in [-0.05, 0) is 46.0 Å². The summed E-state index contributed by atoms with van der Waals surface area (Å²) in [6, 6.07) is 0. The van der Waals surface area contributed by atoms with E-state index in [-0.39, 0.29) is 11.3 Å². The number of nitrogens with one attached hydrogen (secondary N) is 1. The number of ether oxygens (including phenoxy) is 1. The van der Waals surface area contributed by atoms with E-state index in [4.69, 9.17) is 4.74 Å². The monoisotopic (exact) mass is 227 g/mol. The van der Waals surface area contributed by atoms with Crippen molar-refractivity contribution >= 4 is 0 Å². The molecule has 0 unspecified atom stereocenters. The first-order valence-corrected chi connectivity index (χ1v) is 6.82. The average molecular weight is 227 g/mol. The summed E-state index contributed by atoms with van der Waals surface area (Å²) in [6.45, 7) is 13.6. The van der Waals surface area contributed by atoms with Gasteiger partial charge in [0.05, 0.1) is 6.10 Å². The van der Waals surface area contributed by atoms with Crippen molar-refractivity contribution in [1.29, 1.82) is 0 Å². The van der Waals surface area contributed by atoms with Crippen molar-refractivity contribution in [2.45, 2.75) is 84.6 Å². The fraction of sp³-hybridized carbons (Fsp3) is 1.00. The Kier molecular flexibility index (Phi) is 4.42. The van der Waals surface area contributed by atoms with Gasteiger partial charge < -0.3 is 4.74 Å². The highest BCUT2D eigenvalue weighted by molar-refractivity contribution is 4.96. The van der Waals surface area contributed by atoms with Crippen LogP contribution >= 0.6 is 0 Å². The first-order valence-electron chi connectivity index (χ1n) is 6.82. The summed E-state index contributed by atoms with van der Waals surface area (Å²) in [5, 5.41) is 3.75. The molecule has 1 rings (SSSR count). The Hall–Kier alpha value is -0.0800. The van der Waals surface area contributed by atoms with Crippen LogP contribution in [0.2, 0.25) is 0 Å². The Morgan fingerprint density at radius 3 is 2.44 bits per heavy atom. The lowest BCUT2D eigenvalue weighted by atomic mass is 9.83. The van der Waals surface area contributed by atoms with Crippen LogP contribution < -0.4 is 5.32 Å². The van der Waals surface area contributed by atoms with Crippen molar-refractivity contribution in [3.8, 4) is 0 Å². The molecule has 0 bridgehead atoms. The molecule has 0 aliphatic carbocycles. The van der Waals surface area contributed by atoms with E-state index in [2.05, 4.69) is 46.9 Å². The van der Waals surface area contributed by atoms with Crippen molar-refractivity contribution in [3.63, 3.8) is 0 Å². The zero-order valence-corrected chi connectivity index (χ0v) is 11.9. The molecule has 0 aromatic rings. The van der Waals surface area contributed by atoms with Crippen LogP contribution in [0.4, 0.5) is 0 Å².